The van der Waals surface area contributed by atoms with Crippen LogP contribution in [0.1, 0.15) is 23.3 Å². The van der Waals surface area contributed by atoms with Crippen molar-refractivity contribution < 1.29 is 0 Å². The summed E-state index contributed by atoms with van der Waals surface area (Å²) in [6.45, 7) is 1.78. The van der Waals surface area contributed by atoms with E-state index >= 15 is 0 Å². The van der Waals surface area contributed by atoms with Gasteiger partial charge in [-0.05, 0) is 30.5 Å². The van der Waals surface area contributed by atoms with E-state index < -0.39 is 0 Å². The van der Waals surface area contributed by atoms with Crippen LogP contribution < -0.4 is 5.32 Å². The molecule has 4 rings (SSSR count). The summed E-state index contributed by atoms with van der Waals surface area (Å²) in [6, 6.07) is 6.88. The van der Waals surface area contributed by atoms with Gasteiger partial charge in [0, 0.05) is 40.3 Å². The third-order valence-corrected chi connectivity index (χ3v) is 4.89. The van der Waals surface area contributed by atoms with Gasteiger partial charge in [-0.1, -0.05) is 17.7 Å². The minimum absolute atomic E-state index is 0.720. The first-order chi connectivity index (χ1) is 10.3. The van der Waals surface area contributed by atoms with Gasteiger partial charge < -0.3 is 9.88 Å². The summed E-state index contributed by atoms with van der Waals surface area (Å²) in [6.07, 6.45) is 6.80. The second kappa shape index (κ2) is 5.44. The van der Waals surface area contributed by atoms with E-state index in [0.717, 1.165) is 24.2 Å². The lowest BCUT2D eigenvalue weighted by molar-refractivity contribution is 0.687. The number of nitrogens with zero attached hydrogens (tertiary/aromatic N) is 2. The van der Waals surface area contributed by atoms with Gasteiger partial charge in [-0.2, -0.15) is 0 Å². The van der Waals surface area contributed by atoms with Crippen molar-refractivity contribution in [1.82, 2.24) is 14.9 Å². The Morgan fingerprint density at radius 3 is 3.05 bits per heavy atom. The zero-order valence-electron chi connectivity index (χ0n) is 11.6. The number of fused-ring (bicyclic) bond motifs is 1. The van der Waals surface area contributed by atoms with Crippen LogP contribution in [-0.4, -0.2) is 15.6 Å². The molecule has 0 aliphatic heterocycles. The van der Waals surface area contributed by atoms with E-state index in [2.05, 4.69) is 33.2 Å². The maximum atomic E-state index is 6.18. The van der Waals surface area contributed by atoms with E-state index in [1.165, 1.54) is 34.2 Å². The first-order valence-electron chi connectivity index (χ1n) is 7.17. The highest BCUT2D eigenvalue weighted by Crippen LogP contribution is 2.27. The molecule has 3 aromatic rings. The van der Waals surface area contributed by atoms with Crippen molar-refractivity contribution in [3.63, 3.8) is 0 Å². The number of hydrogen-bond acceptors (Lipinski definition) is 3. The van der Waals surface area contributed by atoms with E-state index in [9.17, 15) is 0 Å². The van der Waals surface area contributed by atoms with Crippen LogP contribution in [0.25, 0.3) is 10.9 Å². The van der Waals surface area contributed by atoms with Gasteiger partial charge in [0.1, 0.15) is 0 Å². The second-order valence-corrected chi connectivity index (χ2v) is 6.97. The molecular formula is C16H16ClN3S. The van der Waals surface area contributed by atoms with Gasteiger partial charge in [-0.15, -0.1) is 11.3 Å². The molecule has 0 unspecified atom stereocenters. The lowest BCUT2D eigenvalue weighted by Gasteiger charge is -2.02. The van der Waals surface area contributed by atoms with Crippen molar-refractivity contribution in [1.29, 1.82) is 0 Å². The van der Waals surface area contributed by atoms with Crippen molar-refractivity contribution >= 4 is 33.8 Å². The standard InChI is InChI=1S/C16H16ClN3S/c17-12-1-4-15-11(6-19-13-2-3-13)8-20(16(15)5-12)9-14-7-18-10-21-14/h1,4-5,7-8,10,13,19H,2-3,6,9H2. The zero-order chi connectivity index (χ0) is 14.2. The smallest absolute Gasteiger partial charge is 0.0794 e. The minimum Gasteiger partial charge on any atom is -0.342 e. The molecule has 0 amide bonds. The molecule has 0 radical (unpaired) electrons. The van der Waals surface area contributed by atoms with Gasteiger partial charge in [-0.3, -0.25) is 4.98 Å². The first-order valence-corrected chi connectivity index (χ1v) is 8.43. The molecule has 2 aromatic heterocycles. The Hall–Kier alpha value is -1.36. The topological polar surface area (TPSA) is 29.9 Å². The molecular weight excluding hydrogens is 302 g/mol. The molecule has 1 aliphatic carbocycles. The lowest BCUT2D eigenvalue weighted by atomic mass is 10.2. The van der Waals surface area contributed by atoms with Crippen molar-refractivity contribution in [2.45, 2.75) is 32.0 Å². The molecule has 1 saturated carbocycles. The third kappa shape index (κ3) is 2.84. The fourth-order valence-electron chi connectivity index (χ4n) is 2.64. The quantitative estimate of drug-likeness (QED) is 0.769. The van der Waals surface area contributed by atoms with Gasteiger partial charge in [0.15, 0.2) is 0 Å². The highest BCUT2D eigenvalue weighted by Gasteiger charge is 2.21. The Morgan fingerprint density at radius 1 is 1.38 bits per heavy atom. The highest BCUT2D eigenvalue weighted by atomic mass is 35.5. The minimum atomic E-state index is 0.720. The fraction of sp³-hybridized carbons (Fsp3) is 0.312. The number of aromatic nitrogens is 2. The molecule has 1 fully saturated rings. The summed E-state index contributed by atoms with van der Waals surface area (Å²) in [4.78, 5) is 5.42. The van der Waals surface area contributed by atoms with Gasteiger partial charge in [-0.25, -0.2) is 0 Å². The van der Waals surface area contributed by atoms with Crippen LogP contribution in [0.3, 0.4) is 0 Å². The van der Waals surface area contributed by atoms with Crippen LogP contribution in [0.4, 0.5) is 0 Å². The van der Waals surface area contributed by atoms with Crippen LogP contribution in [0, 0.1) is 0 Å². The molecule has 2 heterocycles. The van der Waals surface area contributed by atoms with Crippen LogP contribution in [-0.2, 0) is 13.1 Å². The van der Waals surface area contributed by atoms with Crippen molar-refractivity contribution in [2.75, 3.05) is 0 Å². The van der Waals surface area contributed by atoms with Crippen LogP contribution >= 0.6 is 22.9 Å². The maximum Gasteiger partial charge on any atom is 0.0794 e. The number of benzene rings is 1. The second-order valence-electron chi connectivity index (χ2n) is 5.57. The first kappa shape index (κ1) is 13.3. The average molecular weight is 318 g/mol. The predicted octanol–water partition coefficient (Wildman–Crippen LogP) is 4.05. The van der Waals surface area contributed by atoms with E-state index in [1.807, 2.05) is 17.8 Å². The third-order valence-electron chi connectivity index (χ3n) is 3.90. The van der Waals surface area contributed by atoms with Crippen molar-refractivity contribution in [2.24, 2.45) is 0 Å². The van der Waals surface area contributed by atoms with Crippen LogP contribution in [0.2, 0.25) is 5.02 Å². The zero-order valence-corrected chi connectivity index (χ0v) is 13.1. The monoisotopic (exact) mass is 317 g/mol. The SMILES string of the molecule is Clc1ccc2c(CNC3CC3)cn(Cc3cncs3)c2c1. The summed E-state index contributed by atoms with van der Waals surface area (Å²) in [7, 11) is 0. The Morgan fingerprint density at radius 2 is 2.29 bits per heavy atom. The van der Waals surface area contributed by atoms with E-state index in [1.54, 1.807) is 11.3 Å². The van der Waals surface area contributed by atoms with Crippen LogP contribution in [0.5, 0.6) is 0 Å². The van der Waals surface area contributed by atoms with E-state index in [-0.39, 0.29) is 0 Å². The molecule has 1 N–H and O–H groups in total. The normalized spacial score (nSPS) is 14.9. The van der Waals surface area contributed by atoms with Crippen molar-refractivity contribution in [3.8, 4) is 0 Å². The van der Waals surface area contributed by atoms with Crippen LogP contribution in [0.15, 0.2) is 36.1 Å². The largest absolute Gasteiger partial charge is 0.342 e. The summed E-state index contributed by atoms with van der Waals surface area (Å²) in [5.41, 5.74) is 4.42. The number of rotatable bonds is 5. The van der Waals surface area contributed by atoms with Gasteiger partial charge in [0.05, 0.1) is 17.6 Å². The van der Waals surface area contributed by atoms with Crippen molar-refractivity contribution in [3.05, 3.63) is 51.6 Å². The lowest BCUT2D eigenvalue weighted by Crippen LogP contribution is -2.14. The molecule has 21 heavy (non-hydrogen) atoms. The molecule has 108 valence electrons. The van der Waals surface area contributed by atoms with Gasteiger partial charge in [0.2, 0.25) is 0 Å². The Balaban J connectivity index is 1.71. The number of halogens is 1. The average Bonchev–Trinajstić information content (AvgIpc) is 3.06. The predicted molar refractivity (Wildman–Crippen MR) is 88.0 cm³/mol. The Kier molecular flexibility index (Phi) is 3.45. The molecule has 0 atom stereocenters. The number of hydrogen-bond donors (Lipinski definition) is 1. The Bertz CT molecular complexity index is 759. The Labute approximate surface area is 132 Å². The van der Waals surface area contributed by atoms with E-state index in [4.69, 9.17) is 11.6 Å². The summed E-state index contributed by atoms with van der Waals surface area (Å²) in [5, 5.41) is 5.67. The molecule has 3 nitrogen and oxygen atoms in total. The maximum absolute atomic E-state index is 6.18. The van der Waals surface area contributed by atoms with E-state index in [0.29, 0.717) is 0 Å². The van der Waals surface area contributed by atoms with Gasteiger partial charge >= 0.3 is 0 Å². The molecule has 0 spiro atoms. The fourth-order valence-corrected chi connectivity index (χ4v) is 3.40. The van der Waals surface area contributed by atoms with Gasteiger partial charge in [0.25, 0.3) is 0 Å². The molecule has 1 aromatic carbocycles. The number of thiazole rings is 1. The highest BCUT2D eigenvalue weighted by molar-refractivity contribution is 7.09. The molecule has 5 heteroatoms. The number of nitrogens with one attached hydrogen (secondary N) is 1. The summed E-state index contributed by atoms with van der Waals surface area (Å²) < 4.78 is 2.28. The molecule has 0 saturated heterocycles. The molecule has 0 bridgehead atoms. The summed E-state index contributed by atoms with van der Waals surface area (Å²) in [5.74, 6) is 0. The summed E-state index contributed by atoms with van der Waals surface area (Å²) >= 11 is 7.87. The molecule has 1 aliphatic rings.